The molecular weight excluding hydrogens is 296 g/mol. The number of ether oxygens (including phenoxy) is 2. The summed E-state index contributed by atoms with van der Waals surface area (Å²) in [6.45, 7) is 11.9. The van der Waals surface area contributed by atoms with Crippen LogP contribution in [-0.2, 0) is 19.1 Å². The lowest BCUT2D eigenvalue weighted by Gasteiger charge is -2.13. The van der Waals surface area contributed by atoms with Gasteiger partial charge in [-0.25, -0.2) is 9.59 Å². The minimum Gasteiger partial charge on any atom is -0.463 e. The molecule has 0 rings (SSSR count). The number of unbranched alkanes of at least 4 members (excludes halogenated alkanes) is 2. The van der Waals surface area contributed by atoms with Gasteiger partial charge in [0.05, 0.1) is 13.2 Å². The van der Waals surface area contributed by atoms with Gasteiger partial charge < -0.3 is 14.6 Å². The summed E-state index contributed by atoms with van der Waals surface area (Å²) < 4.78 is 9.61. The maximum absolute atomic E-state index is 10.8. The van der Waals surface area contributed by atoms with E-state index in [-0.39, 0.29) is 12.6 Å². The van der Waals surface area contributed by atoms with Crippen LogP contribution < -0.4 is 0 Å². The summed E-state index contributed by atoms with van der Waals surface area (Å²) in [6.07, 6.45) is 8.35. The van der Waals surface area contributed by atoms with Gasteiger partial charge in [-0.15, -0.1) is 0 Å². The van der Waals surface area contributed by atoms with Gasteiger partial charge in [-0.1, -0.05) is 46.3 Å². The van der Waals surface area contributed by atoms with Gasteiger partial charge in [0, 0.05) is 18.8 Å². The topological polar surface area (TPSA) is 72.8 Å². The first-order valence-electron chi connectivity index (χ1n) is 8.24. The Labute approximate surface area is 140 Å². The predicted molar refractivity (Wildman–Crippen MR) is 91.9 cm³/mol. The van der Waals surface area contributed by atoms with E-state index in [1.807, 2.05) is 0 Å². The zero-order valence-electron chi connectivity index (χ0n) is 14.6. The lowest BCUT2D eigenvalue weighted by molar-refractivity contribution is -0.139. The molecule has 0 aliphatic carbocycles. The van der Waals surface area contributed by atoms with E-state index in [0.717, 1.165) is 18.9 Å². The van der Waals surface area contributed by atoms with Gasteiger partial charge in [-0.05, 0) is 25.2 Å². The summed E-state index contributed by atoms with van der Waals surface area (Å²) in [6, 6.07) is 0. The van der Waals surface area contributed by atoms with Crippen molar-refractivity contribution in [3.63, 3.8) is 0 Å². The molecule has 0 aromatic rings. The van der Waals surface area contributed by atoms with Crippen molar-refractivity contribution in [3.8, 4) is 0 Å². The Morgan fingerprint density at radius 3 is 2.13 bits per heavy atom. The van der Waals surface area contributed by atoms with Crippen LogP contribution in [0.4, 0.5) is 0 Å². The summed E-state index contributed by atoms with van der Waals surface area (Å²) in [4.78, 5) is 21.1. The molecule has 1 atom stereocenters. The largest absolute Gasteiger partial charge is 0.463 e. The second-order valence-corrected chi connectivity index (χ2v) is 5.05. The van der Waals surface area contributed by atoms with Crippen LogP contribution in [0, 0.1) is 5.92 Å². The van der Waals surface area contributed by atoms with E-state index in [4.69, 9.17) is 9.84 Å². The average Bonchev–Trinajstić information content (AvgIpc) is 2.58. The smallest absolute Gasteiger partial charge is 0.330 e. The number of hydrogen-bond donors (Lipinski definition) is 1. The van der Waals surface area contributed by atoms with Crippen LogP contribution >= 0.6 is 0 Å². The highest BCUT2D eigenvalue weighted by molar-refractivity contribution is 5.81. The second-order valence-electron chi connectivity index (χ2n) is 5.05. The monoisotopic (exact) mass is 328 g/mol. The molecule has 1 N–H and O–H groups in total. The van der Waals surface area contributed by atoms with Crippen molar-refractivity contribution in [2.75, 3.05) is 19.8 Å². The summed E-state index contributed by atoms with van der Waals surface area (Å²) in [5, 5.41) is 8.33. The number of aliphatic hydroxyl groups is 1. The van der Waals surface area contributed by atoms with Crippen molar-refractivity contribution in [2.45, 2.75) is 52.4 Å². The highest BCUT2D eigenvalue weighted by atomic mass is 16.5. The van der Waals surface area contributed by atoms with Gasteiger partial charge >= 0.3 is 11.9 Å². The molecule has 1 unspecified atom stereocenters. The molecule has 0 aromatic heterocycles. The van der Waals surface area contributed by atoms with Crippen LogP contribution in [0.25, 0.3) is 0 Å². The molecule has 0 spiro atoms. The molecule has 134 valence electrons. The molecule has 0 saturated heterocycles. The summed E-state index contributed by atoms with van der Waals surface area (Å²) >= 11 is 0. The van der Waals surface area contributed by atoms with E-state index in [1.165, 1.54) is 18.9 Å². The SMILES string of the molecule is C=CC(=O)OCC(CC)CCCC.C=CC(=O)OCCCCO. The number of aliphatic hydroxyl groups excluding tert-OH is 1. The molecule has 5 heteroatoms. The van der Waals surface area contributed by atoms with Crippen LogP contribution in [0.1, 0.15) is 52.4 Å². The average molecular weight is 328 g/mol. The number of hydrogen-bond acceptors (Lipinski definition) is 5. The molecule has 0 aromatic carbocycles. The van der Waals surface area contributed by atoms with E-state index in [0.29, 0.717) is 32.0 Å². The van der Waals surface area contributed by atoms with Crippen LogP contribution in [0.5, 0.6) is 0 Å². The molecule has 23 heavy (non-hydrogen) atoms. The normalized spacial score (nSPS) is 10.7. The molecule has 0 aliphatic heterocycles. The lowest BCUT2D eigenvalue weighted by atomic mass is 10.0. The fourth-order valence-electron chi connectivity index (χ4n) is 1.60. The Bertz CT molecular complexity index is 325. The maximum Gasteiger partial charge on any atom is 0.330 e. The molecule has 0 fully saturated rings. The summed E-state index contributed by atoms with van der Waals surface area (Å²) in [7, 11) is 0. The predicted octanol–water partition coefficient (Wildman–Crippen LogP) is 3.42. The zero-order valence-corrected chi connectivity index (χ0v) is 14.6. The van der Waals surface area contributed by atoms with Crippen LogP contribution in [0.2, 0.25) is 0 Å². The molecule has 0 radical (unpaired) electrons. The highest BCUT2D eigenvalue weighted by Gasteiger charge is 2.07. The number of carbonyl (C=O) groups is 2. The van der Waals surface area contributed by atoms with Crippen LogP contribution in [0.3, 0.4) is 0 Å². The summed E-state index contributed by atoms with van der Waals surface area (Å²) in [5.74, 6) is -0.197. The van der Waals surface area contributed by atoms with E-state index >= 15 is 0 Å². The van der Waals surface area contributed by atoms with Crippen molar-refractivity contribution in [3.05, 3.63) is 25.3 Å². The molecule has 0 aliphatic rings. The van der Waals surface area contributed by atoms with Crippen molar-refractivity contribution in [1.82, 2.24) is 0 Å². The molecule has 0 heterocycles. The minimum atomic E-state index is -0.405. The molecule has 5 nitrogen and oxygen atoms in total. The van der Waals surface area contributed by atoms with Crippen LogP contribution in [-0.4, -0.2) is 36.9 Å². The van der Waals surface area contributed by atoms with Gasteiger partial charge in [0.25, 0.3) is 0 Å². The van der Waals surface area contributed by atoms with Crippen molar-refractivity contribution in [2.24, 2.45) is 5.92 Å². The number of carbonyl (C=O) groups excluding carboxylic acids is 2. The molecule has 0 amide bonds. The Morgan fingerprint density at radius 1 is 1.04 bits per heavy atom. The third kappa shape index (κ3) is 18.3. The van der Waals surface area contributed by atoms with Gasteiger partial charge in [0.1, 0.15) is 0 Å². The fraction of sp³-hybridized carbons (Fsp3) is 0.667. The molecule has 0 saturated carbocycles. The van der Waals surface area contributed by atoms with Crippen molar-refractivity contribution in [1.29, 1.82) is 0 Å². The molecular formula is C18H32O5. The van der Waals surface area contributed by atoms with Crippen molar-refractivity contribution < 1.29 is 24.2 Å². The zero-order chi connectivity index (χ0) is 17.9. The number of esters is 2. The van der Waals surface area contributed by atoms with E-state index in [9.17, 15) is 9.59 Å². The summed E-state index contributed by atoms with van der Waals surface area (Å²) in [5.41, 5.74) is 0. The Kier molecular flexibility index (Phi) is 18.9. The Morgan fingerprint density at radius 2 is 1.65 bits per heavy atom. The van der Waals surface area contributed by atoms with Gasteiger partial charge in [0.15, 0.2) is 0 Å². The first-order chi connectivity index (χ1) is 11.0. The first kappa shape index (κ1) is 23.6. The molecule has 0 bridgehead atoms. The number of rotatable bonds is 12. The second kappa shape index (κ2) is 18.4. The Hall–Kier alpha value is -1.62. The third-order valence-corrected chi connectivity index (χ3v) is 3.13. The first-order valence-corrected chi connectivity index (χ1v) is 8.24. The Balaban J connectivity index is 0. The van der Waals surface area contributed by atoms with Gasteiger partial charge in [-0.2, -0.15) is 0 Å². The van der Waals surface area contributed by atoms with E-state index in [1.54, 1.807) is 0 Å². The highest BCUT2D eigenvalue weighted by Crippen LogP contribution is 2.12. The van der Waals surface area contributed by atoms with E-state index in [2.05, 4.69) is 31.7 Å². The maximum atomic E-state index is 10.8. The fourth-order valence-corrected chi connectivity index (χ4v) is 1.60. The quantitative estimate of drug-likeness (QED) is 0.337. The van der Waals surface area contributed by atoms with Crippen molar-refractivity contribution >= 4 is 11.9 Å². The van der Waals surface area contributed by atoms with Gasteiger partial charge in [-0.3, -0.25) is 0 Å². The minimum absolute atomic E-state index is 0.144. The lowest BCUT2D eigenvalue weighted by Crippen LogP contribution is -2.12. The standard InChI is InChI=1S/C11H20O2.C7H12O3/c1-4-7-8-10(5-2)9-13-11(12)6-3;1-2-7(9)10-6-4-3-5-8/h6,10H,3-5,7-9H2,1-2H3;2,8H,1,3-6H2. The van der Waals surface area contributed by atoms with Crippen LogP contribution in [0.15, 0.2) is 25.3 Å². The third-order valence-electron chi connectivity index (χ3n) is 3.13. The van der Waals surface area contributed by atoms with E-state index < -0.39 is 5.97 Å². The van der Waals surface area contributed by atoms with Gasteiger partial charge in [0.2, 0.25) is 0 Å².